The monoisotopic (exact) mass is 226 g/mol. The van der Waals surface area contributed by atoms with Gasteiger partial charge in [0.25, 0.3) is 0 Å². The molecular weight excluding hydrogens is 210 g/mol. The van der Waals surface area contributed by atoms with E-state index >= 15 is 0 Å². The maximum Gasteiger partial charge on any atom is 0.248 e. The number of aromatic nitrogens is 1. The van der Waals surface area contributed by atoms with Crippen LogP contribution in [0, 0.1) is 6.92 Å². The second-order valence-electron chi connectivity index (χ2n) is 4.65. The van der Waals surface area contributed by atoms with Gasteiger partial charge in [0.15, 0.2) is 0 Å². The Hall–Kier alpha value is -1.03. The van der Waals surface area contributed by atoms with Crippen molar-refractivity contribution in [3.63, 3.8) is 0 Å². The van der Waals surface area contributed by atoms with Crippen molar-refractivity contribution in [3.05, 3.63) is 29.6 Å². The molecule has 1 heterocycles. The van der Waals surface area contributed by atoms with Crippen LogP contribution in [0.3, 0.4) is 0 Å². The molecule has 4 heteroatoms. The summed E-state index contributed by atoms with van der Waals surface area (Å²) >= 11 is 0. The fraction of sp³-hybridized carbons (Fsp3) is 0.583. The number of halogens is 2. The van der Waals surface area contributed by atoms with Gasteiger partial charge >= 0.3 is 0 Å². The fourth-order valence-corrected chi connectivity index (χ4v) is 2.34. The van der Waals surface area contributed by atoms with Crippen LogP contribution in [-0.2, 0) is 5.54 Å². The molecule has 0 aliphatic heterocycles. The lowest BCUT2D eigenvalue weighted by Gasteiger charge is -2.37. The van der Waals surface area contributed by atoms with E-state index in [0.717, 1.165) is 11.3 Å². The van der Waals surface area contributed by atoms with E-state index in [1.54, 1.807) is 6.20 Å². The second-order valence-corrected chi connectivity index (χ2v) is 4.65. The lowest BCUT2D eigenvalue weighted by molar-refractivity contribution is -0.0515. The van der Waals surface area contributed by atoms with Crippen LogP contribution in [-0.4, -0.2) is 10.9 Å². The molecule has 1 aromatic heterocycles. The van der Waals surface area contributed by atoms with Crippen molar-refractivity contribution in [2.75, 3.05) is 0 Å². The van der Waals surface area contributed by atoms with E-state index in [1.165, 1.54) is 0 Å². The number of hydrogen-bond acceptors (Lipinski definition) is 2. The number of pyridine rings is 1. The van der Waals surface area contributed by atoms with Crippen LogP contribution >= 0.6 is 0 Å². The highest BCUT2D eigenvalue weighted by atomic mass is 19.3. The summed E-state index contributed by atoms with van der Waals surface area (Å²) in [4.78, 5) is 4.17. The van der Waals surface area contributed by atoms with Crippen molar-refractivity contribution in [3.8, 4) is 0 Å². The summed E-state index contributed by atoms with van der Waals surface area (Å²) in [6.07, 6.45) is 2.09. The zero-order valence-electron chi connectivity index (χ0n) is 9.34. The number of nitrogens with zero attached hydrogens (tertiary/aromatic N) is 1. The smallest absolute Gasteiger partial charge is 0.248 e. The first-order valence-corrected chi connectivity index (χ1v) is 5.52. The quantitative estimate of drug-likeness (QED) is 0.799. The molecule has 0 unspecified atom stereocenters. The maximum atomic E-state index is 13.1. The Morgan fingerprint density at radius 3 is 2.44 bits per heavy atom. The van der Waals surface area contributed by atoms with Crippen LogP contribution in [0.4, 0.5) is 8.78 Å². The van der Waals surface area contributed by atoms with Gasteiger partial charge in [0, 0.05) is 30.3 Å². The van der Waals surface area contributed by atoms with Crippen molar-refractivity contribution < 1.29 is 8.78 Å². The molecule has 2 rings (SSSR count). The van der Waals surface area contributed by atoms with E-state index in [9.17, 15) is 8.78 Å². The summed E-state index contributed by atoms with van der Waals surface area (Å²) in [5, 5.41) is 0. The van der Waals surface area contributed by atoms with Crippen LogP contribution in [0.5, 0.6) is 0 Å². The third-order valence-corrected chi connectivity index (χ3v) is 3.42. The first-order chi connectivity index (χ1) is 7.43. The minimum Gasteiger partial charge on any atom is -0.321 e. The van der Waals surface area contributed by atoms with Crippen LogP contribution in [0.1, 0.15) is 36.9 Å². The van der Waals surface area contributed by atoms with Gasteiger partial charge in [-0.05, 0) is 31.4 Å². The van der Waals surface area contributed by atoms with Gasteiger partial charge < -0.3 is 5.73 Å². The third kappa shape index (κ3) is 2.07. The Morgan fingerprint density at radius 1 is 1.25 bits per heavy atom. The highest BCUT2D eigenvalue weighted by Crippen LogP contribution is 2.42. The van der Waals surface area contributed by atoms with E-state index in [-0.39, 0.29) is 12.8 Å². The van der Waals surface area contributed by atoms with Gasteiger partial charge in [0.2, 0.25) is 5.92 Å². The van der Waals surface area contributed by atoms with Gasteiger partial charge in [-0.2, -0.15) is 0 Å². The predicted molar refractivity (Wildman–Crippen MR) is 58.3 cm³/mol. The molecule has 0 bridgehead atoms. The second kappa shape index (κ2) is 3.77. The summed E-state index contributed by atoms with van der Waals surface area (Å²) in [7, 11) is 0. The average molecular weight is 226 g/mol. The molecule has 0 amide bonds. The topological polar surface area (TPSA) is 38.9 Å². The summed E-state index contributed by atoms with van der Waals surface area (Å²) in [5.74, 6) is -2.54. The Bertz CT molecular complexity index is 380. The molecular formula is C12H16F2N2. The zero-order valence-corrected chi connectivity index (χ0v) is 9.34. The molecule has 88 valence electrons. The summed E-state index contributed by atoms with van der Waals surface area (Å²) in [6.45, 7) is 1.87. The molecule has 0 saturated heterocycles. The summed E-state index contributed by atoms with van der Waals surface area (Å²) in [6, 6.07) is 3.70. The SMILES string of the molecule is Cc1ncccc1C1(N)CCC(F)(F)CC1. The molecule has 2 N–H and O–H groups in total. The molecule has 1 saturated carbocycles. The highest BCUT2D eigenvalue weighted by Gasteiger charge is 2.42. The van der Waals surface area contributed by atoms with Gasteiger partial charge in [-0.15, -0.1) is 0 Å². The number of rotatable bonds is 1. The Labute approximate surface area is 93.9 Å². The van der Waals surface area contributed by atoms with Gasteiger partial charge in [-0.25, -0.2) is 8.78 Å². The van der Waals surface area contributed by atoms with Crippen molar-refractivity contribution in [2.45, 2.75) is 44.1 Å². The van der Waals surface area contributed by atoms with E-state index < -0.39 is 11.5 Å². The lowest BCUT2D eigenvalue weighted by atomic mass is 9.75. The fourth-order valence-electron chi connectivity index (χ4n) is 2.34. The van der Waals surface area contributed by atoms with Crippen molar-refractivity contribution >= 4 is 0 Å². The molecule has 1 aliphatic carbocycles. The predicted octanol–water partition coefficient (Wildman–Crippen LogP) is 2.75. The Kier molecular flexibility index (Phi) is 2.70. The largest absolute Gasteiger partial charge is 0.321 e. The Morgan fingerprint density at radius 2 is 1.88 bits per heavy atom. The molecule has 0 spiro atoms. The number of aryl methyl sites for hydroxylation is 1. The third-order valence-electron chi connectivity index (χ3n) is 3.42. The van der Waals surface area contributed by atoms with Gasteiger partial charge in [-0.3, -0.25) is 4.98 Å². The molecule has 0 radical (unpaired) electrons. The average Bonchev–Trinajstić information content (AvgIpc) is 2.24. The zero-order chi connectivity index (χ0) is 11.8. The molecule has 0 atom stereocenters. The normalized spacial score (nSPS) is 23.0. The first-order valence-electron chi connectivity index (χ1n) is 5.52. The minimum atomic E-state index is -2.54. The highest BCUT2D eigenvalue weighted by molar-refractivity contribution is 5.28. The van der Waals surface area contributed by atoms with E-state index in [4.69, 9.17) is 5.73 Å². The Balaban J connectivity index is 2.25. The van der Waals surface area contributed by atoms with Gasteiger partial charge in [0.1, 0.15) is 0 Å². The number of nitrogens with two attached hydrogens (primary N) is 1. The molecule has 1 aliphatic rings. The standard InChI is InChI=1S/C12H16F2N2/c1-9-10(3-2-8-16-9)11(15)4-6-12(13,14)7-5-11/h2-3,8H,4-7,15H2,1H3. The van der Waals surface area contributed by atoms with E-state index in [0.29, 0.717) is 12.8 Å². The molecule has 1 aromatic rings. The van der Waals surface area contributed by atoms with Crippen molar-refractivity contribution in [1.29, 1.82) is 0 Å². The van der Waals surface area contributed by atoms with Crippen LogP contribution in [0.15, 0.2) is 18.3 Å². The number of alkyl halides is 2. The molecule has 1 fully saturated rings. The first kappa shape index (κ1) is 11.5. The summed E-state index contributed by atoms with van der Waals surface area (Å²) < 4.78 is 26.2. The van der Waals surface area contributed by atoms with E-state index in [1.807, 2.05) is 19.1 Å². The van der Waals surface area contributed by atoms with Crippen LogP contribution in [0.2, 0.25) is 0 Å². The molecule has 0 aromatic carbocycles. The molecule has 16 heavy (non-hydrogen) atoms. The maximum absolute atomic E-state index is 13.1. The number of hydrogen-bond donors (Lipinski definition) is 1. The van der Waals surface area contributed by atoms with E-state index in [2.05, 4.69) is 4.98 Å². The summed E-state index contributed by atoms with van der Waals surface area (Å²) in [5.41, 5.74) is 7.35. The van der Waals surface area contributed by atoms with Gasteiger partial charge in [-0.1, -0.05) is 6.07 Å². The lowest BCUT2D eigenvalue weighted by Crippen LogP contribution is -2.44. The van der Waals surface area contributed by atoms with Crippen LogP contribution < -0.4 is 5.73 Å². The van der Waals surface area contributed by atoms with Gasteiger partial charge in [0.05, 0.1) is 0 Å². The molecule has 2 nitrogen and oxygen atoms in total. The van der Waals surface area contributed by atoms with Crippen LogP contribution in [0.25, 0.3) is 0 Å². The van der Waals surface area contributed by atoms with Crippen molar-refractivity contribution in [1.82, 2.24) is 4.98 Å². The van der Waals surface area contributed by atoms with Crippen molar-refractivity contribution in [2.24, 2.45) is 5.73 Å². The minimum absolute atomic E-state index is 0.127.